The molecule has 2 N–H and O–H groups in total. The van der Waals surface area contributed by atoms with Crippen LogP contribution in [0.3, 0.4) is 0 Å². The Morgan fingerprint density at radius 2 is 1.78 bits per heavy atom. The fourth-order valence-corrected chi connectivity index (χ4v) is 5.47. The van der Waals surface area contributed by atoms with Crippen molar-refractivity contribution in [1.82, 2.24) is 5.32 Å². The number of hydrogen-bond acceptors (Lipinski definition) is 5. The summed E-state index contributed by atoms with van der Waals surface area (Å²) in [7, 11) is 3.16. The summed E-state index contributed by atoms with van der Waals surface area (Å²) in [4.78, 5) is 6.37. The number of aliphatic imine (C=N–C) groups is 1. The van der Waals surface area contributed by atoms with E-state index in [1.807, 2.05) is 48.5 Å². The Hall–Kier alpha value is -2.25. The van der Waals surface area contributed by atoms with Crippen LogP contribution in [0.1, 0.15) is 0 Å². The normalized spacial score (nSPS) is 21.2. The smallest absolute Gasteiger partial charge is 0.221 e. The molecule has 0 aliphatic carbocycles. The molecule has 2 heterocycles. The highest BCUT2D eigenvalue weighted by Crippen LogP contribution is 2.44. The molecule has 0 fully saturated rings. The lowest BCUT2D eigenvalue weighted by molar-refractivity contribution is 1.29. The third-order valence-corrected chi connectivity index (χ3v) is 6.57. The quantitative estimate of drug-likeness (QED) is 0.649. The van der Waals surface area contributed by atoms with Gasteiger partial charge in [0.25, 0.3) is 0 Å². The molecule has 0 aromatic heterocycles. The second-order valence-electron chi connectivity index (χ2n) is 4.87. The summed E-state index contributed by atoms with van der Waals surface area (Å²) in [5, 5.41) is 8.76. The number of amidine groups is 1. The molecule has 1 unspecified atom stereocenters. The molecule has 0 bridgehead atoms. The zero-order chi connectivity index (χ0) is 15.6. The molecule has 0 spiro atoms. The fourth-order valence-electron chi connectivity index (χ4n) is 2.32. The van der Waals surface area contributed by atoms with Crippen molar-refractivity contribution in [3.63, 3.8) is 0 Å². The summed E-state index contributed by atoms with van der Waals surface area (Å²) >= 11 is 0. The molecular weight excluding hydrogens is 326 g/mol. The van der Waals surface area contributed by atoms with Gasteiger partial charge < -0.3 is 10.6 Å². The van der Waals surface area contributed by atoms with Crippen molar-refractivity contribution in [3.05, 3.63) is 60.7 Å². The SMILES string of the molecule is CN=C1NC2=S(N=C(Nc3ccccc3)N2c2ccccc2)S1. The molecular formula is C16H15N5S2. The van der Waals surface area contributed by atoms with E-state index < -0.39 is 0 Å². The van der Waals surface area contributed by atoms with Crippen molar-refractivity contribution >= 4 is 48.1 Å². The molecule has 4 rings (SSSR count). The lowest BCUT2D eigenvalue weighted by Gasteiger charge is -2.23. The minimum Gasteiger partial charge on any atom is -0.325 e. The fraction of sp³-hybridized carbons (Fsp3) is 0.0625. The number of nitrogens with zero attached hydrogens (tertiary/aromatic N) is 3. The molecule has 5 nitrogen and oxygen atoms in total. The maximum Gasteiger partial charge on any atom is 0.221 e. The van der Waals surface area contributed by atoms with Gasteiger partial charge >= 0.3 is 0 Å². The monoisotopic (exact) mass is 341 g/mol. The van der Waals surface area contributed by atoms with Gasteiger partial charge in [-0.2, -0.15) is 4.40 Å². The first kappa shape index (κ1) is 14.3. The Labute approximate surface area is 141 Å². The lowest BCUT2D eigenvalue weighted by atomic mass is 10.3. The number of benzene rings is 2. The van der Waals surface area contributed by atoms with Gasteiger partial charge in [0, 0.05) is 33.2 Å². The largest absolute Gasteiger partial charge is 0.325 e. The second-order valence-corrected chi connectivity index (χ2v) is 7.94. The molecule has 116 valence electrons. The first-order valence-corrected chi connectivity index (χ1v) is 9.66. The molecule has 2 aliphatic heterocycles. The van der Waals surface area contributed by atoms with E-state index in [0.717, 1.165) is 27.6 Å². The molecule has 1 atom stereocenters. The van der Waals surface area contributed by atoms with Crippen LogP contribution in [0.15, 0.2) is 70.1 Å². The molecule has 0 saturated carbocycles. The van der Waals surface area contributed by atoms with Crippen LogP contribution in [-0.2, 0) is 0 Å². The Morgan fingerprint density at radius 1 is 1.09 bits per heavy atom. The Kier molecular flexibility index (Phi) is 3.80. The van der Waals surface area contributed by atoms with Crippen LogP contribution in [0.2, 0.25) is 0 Å². The average molecular weight is 341 g/mol. The van der Waals surface area contributed by atoms with E-state index in [-0.39, 0.29) is 9.70 Å². The summed E-state index contributed by atoms with van der Waals surface area (Å²) in [5.41, 5.74) is 2.09. The number of hydrogen-bond donors (Lipinski definition) is 2. The van der Waals surface area contributed by atoms with Crippen molar-refractivity contribution in [3.8, 4) is 0 Å². The van der Waals surface area contributed by atoms with E-state index in [0.29, 0.717) is 0 Å². The van der Waals surface area contributed by atoms with Crippen LogP contribution in [0.25, 0.3) is 0 Å². The van der Waals surface area contributed by atoms with Gasteiger partial charge in [0.05, 0.1) is 5.69 Å². The predicted molar refractivity (Wildman–Crippen MR) is 103 cm³/mol. The third kappa shape index (κ3) is 2.73. The second kappa shape index (κ2) is 6.10. The zero-order valence-corrected chi connectivity index (χ0v) is 14.1. The average Bonchev–Trinajstić information content (AvgIpc) is 3.13. The number of anilines is 2. The zero-order valence-electron chi connectivity index (χ0n) is 12.4. The summed E-state index contributed by atoms with van der Waals surface area (Å²) in [5.74, 6) is 0.830. The van der Waals surface area contributed by atoms with Crippen molar-refractivity contribution in [2.45, 2.75) is 0 Å². The van der Waals surface area contributed by atoms with Crippen molar-refractivity contribution < 1.29 is 0 Å². The van der Waals surface area contributed by atoms with Crippen molar-refractivity contribution in [2.24, 2.45) is 9.39 Å². The van der Waals surface area contributed by atoms with Crippen molar-refractivity contribution in [1.29, 1.82) is 0 Å². The molecule has 2 aromatic rings. The first-order valence-electron chi connectivity index (χ1n) is 7.14. The predicted octanol–water partition coefficient (Wildman–Crippen LogP) is 3.48. The highest BCUT2D eigenvalue weighted by Gasteiger charge is 2.34. The standard InChI is InChI=1S/C16H15N5S2/c1-17-15-19-16-21(13-10-6-3-7-11-13)14(20-23(16)22-15)18-12-8-4-2-5-9-12/h2-11H,1H3,(H,17,19)(H,18,20). The Balaban J connectivity index is 1.70. The van der Waals surface area contributed by atoms with E-state index in [4.69, 9.17) is 4.40 Å². The van der Waals surface area contributed by atoms with Crippen LogP contribution in [0.5, 0.6) is 0 Å². The Bertz CT molecular complexity index is 815. The van der Waals surface area contributed by atoms with Crippen LogP contribution < -0.4 is 15.5 Å². The lowest BCUT2D eigenvalue weighted by Crippen LogP contribution is -2.45. The number of para-hydroxylation sites is 2. The summed E-state index contributed by atoms with van der Waals surface area (Å²) in [6.45, 7) is 0. The number of nitrogens with one attached hydrogen (secondary N) is 2. The summed E-state index contributed by atoms with van der Waals surface area (Å²) in [6, 6.07) is 20.3. The van der Waals surface area contributed by atoms with Gasteiger partial charge in [0.2, 0.25) is 5.96 Å². The van der Waals surface area contributed by atoms with Gasteiger partial charge in [-0.3, -0.25) is 9.89 Å². The summed E-state index contributed by atoms with van der Waals surface area (Å²) in [6.07, 6.45) is 0. The van der Waals surface area contributed by atoms with Crippen LogP contribution >= 0.6 is 20.5 Å². The van der Waals surface area contributed by atoms with E-state index in [2.05, 4.69) is 32.7 Å². The minimum atomic E-state index is -0.289. The molecule has 7 heteroatoms. The van der Waals surface area contributed by atoms with Crippen molar-refractivity contribution in [2.75, 3.05) is 17.3 Å². The van der Waals surface area contributed by atoms with Crippen LogP contribution in [-0.4, -0.2) is 23.3 Å². The van der Waals surface area contributed by atoms with Gasteiger partial charge in [0.1, 0.15) is 0 Å². The summed E-state index contributed by atoms with van der Waals surface area (Å²) < 4.78 is 4.84. The highest BCUT2D eigenvalue weighted by molar-refractivity contribution is 8.89. The first-order chi connectivity index (χ1) is 11.3. The minimum absolute atomic E-state index is 0.289. The van der Waals surface area contributed by atoms with Gasteiger partial charge in [-0.1, -0.05) is 36.4 Å². The molecule has 0 saturated heterocycles. The van der Waals surface area contributed by atoms with Gasteiger partial charge in [-0.25, -0.2) is 0 Å². The van der Waals surface area contributed by atoms with E-state index in [1.54, 1.807) is 17.8 Å². The molecule has 0 amide bonds. The number of guanidine groups is 1. The van der Waals surface area contributed by atoms with E-state index in [9.17, 15) is 0 Å². The molecule has 2 aromatic carbocycles. The van der Waals surface area contributed by atoms with Crippen LogP contribution in [0.4, 0.5) is 11.4 Å². The van der Waals surface area contributed by atoms with Gasteiger partial charge in [-0.05, 0) is 24.3 Å². The highest BCUT2D eigenvalue weighted by atomic mass is 33.1. The van der Waals surface area contributed by atoms with Crippen LogP contribution in [0, 0.1) is 0 Å². The molecule has 0 radical (unpaired) electrons. The number of rotatable bonds is 2. The third-order valence-electron chi connectivity index (χ3n) is 3.37. The maximum atomic E-state index is 4.84. The van der Waals surface area contributed by atoms with Gasteiger partial charge in [0.15, 0.2) is 10.3 Å². The topological polar surface area (TPSA) is 52.0 Å². The van der Waals surface area contributed by atoms with Gasteiger partial charge in [-0.15, -0.1) is 0 Å². The molecule has 23 heavy (non-hydrogen) atoms. The maximum absolute atomic E-state index is 4.84. The van der Waals surface area contributed by atoms with E-state index >= 15 is 0 Å². The van der Waals surface area contributed by atoms with E-state index in [1.165, 1.54) is 0 Å². The molecule has 2 aliphatic rings. The Morgan fingerprint density at radius 3 is 2.48 bits per heavy atom.